The first-order valence-corrected chi connectivity index (χ1v) is 22.3. The molecule has 0 N–H and O–H groups in total. The molecule has 0 unspecified atom stereocenters. The normalized spacial score (nSPS) is 11.5. The van der Waals surface area contributed by atoms with Crippen molar-refractivity contribution in [1.29, 1.82) is 0 Å². The van der Waals surface area contributed by atoms with Gasteiger partial charge in [0.05, 0.1) is 11.4 Å². The van der Waals surface area contributed by atoms with E-state index in [4.69, 9.17) is 24.9 Å². The highest BCUT2D eigenvalue weighted by Gasteiger charge is 2.15. The van der Waals surface area contributed by atoms with Gasteiger partial charge in [0.1, 0.15) is 5.82 Å². The molecule has 2 aromatic heterocycles. The van der Waals surface area contributed by atoms with Crippen LogP contribution in [0.3, 0.4) is 0 Å². The largest absolute Gasteiger partial charge is 0.228 e. The third-order valence-corrected chi connectivity index (χ3v) is 11.6. The molecule has 5 nitrogen and oxygen atoms in total. The molecule has 0 aliphatic carbocycles. The molecule has 0 aliphatic heterocycles. The number of nitrogens with zero attached hydrogens (tertiary/aromatic N) is 5. The molecule has 0 amide bonds. The lowest BCUT2D eigenvalue weighted by molar-refractivity contribution is 0.947. The van der Waals surface area contributed by atoms with Gasteiger partial charge in [0.2, 0.25) is 0 Å². The van der Waals surface area contributed by atoms with E-state index in [1.54, 1.807) is 0 Å². The first kappa shape index (κ1) is 41.3. The van der Waals surface area contributed by atoms with Gasteiger partial charge in [-0.25, -0.2) is 24.9 Å². The van der Waals surface area contributed by atoms with Crippen LogP contribution >= 0.6 is 0 Å². The summed E-state index contributed by atoms with van der Waals surface area (Å²) >= 11 is 0. The predicted molar refractivity (Wildman–Crippen MR) is 272 cm³/mol. The van der Waals surface area contributed by atoms with Crippen molar-refractivity contribution in [1.82, 2.24) is 24.9 Å². The van der Waals surface area contributed by atoms with Gasteiger partial charge < -0.3 is 0 Å². The summed E-state index contributed by atoms with van der Waals surface area (Å²) in [5, 5.41) is 0. The predicted octanol–water partition coefficient (Wildman–Crippen LogP) is 15.2. The Hall–Kier alpha value is -8.67. The van der Waals surface area contributed by atoms with Crippen LogP contribution in [-0.4, -0.2) is 24.9 Å². The molecule has 66 heavy (non-hydrogen) atoms. The zero-order chi connectivity index (χ0) is 44.5. The van der Waals surface area contributed by atoms with Crippen LogP contribution in [0.1, 0.15) is 18.3 Å². The van der Waals surface area contributed by atoms with Crippen molar-refractivity contribution in [3.8, 4) is 90.1 Å². The molecule has 2 heterocycles. The number of allylic oxidation sites excluding steroid dienone is 4. The fourth-order valence-corrected chi connectivity index (χ4v) is 8.26. The van der Waals surface area contributed by atoms with Gasteiger partial charge in [0.25, 0.3) is 0 Å². The van der Waals surface area contributed by atoms with E-state index < -0.39 is 0 Å². The van der Waals surface area contributed by atoms with Gasteiger partial charge in [-0.2, -0.15) is 0 Å². The molecule has 0 atom stereocenters. The molecule has 0 bridgehead atoms. The highest BCUT2D eigenvalue weighted by molar-refractivity contribution is 5.92. The van der Waals surface area contributed by atoms with Gasteiger partial charge in [0, 0.05) is 34.2 Å². The summed E-state index contributed by atoms with van der Waals surface area (Å²) in [6.07, 6.45) is 7.06. The topological polar surface area (TPSA) is 64.5 Å². The standard InChI is InChI=1S/C61H45N5/c1-2-43(28-19-33-58-64-60(50-24-11-5-12-25-50)66-61(65-58)51-26-13-6-14-27-51)52-29-15-17-31-54(52)55-32-18-16-30-53(55)46-38-34-44(35-39-46)45-36-40-48(41-37-45)57-42-56(47-20-7-3-8-21-47)62-59(63-57)49-22-9-4-10-23-49/h2-32,34-42H,33H2,1H3/b28-19-,43-2+. The third kappa shape index (κ3) is 9.19. The smallest absolute Gasteiger partial charge is 0.163 e. The minimum atomic E-state index is 0.554. The van der Waals surface area contributed by atoms with E-state index in [2.05, 4.69) is 153 Å². The van der Waals surface area contributed by atoms with Gasteiger partial charge in [0.15, 0.2) is 17.5 Å². The van der Waals surface area contributed by atoms with Crippen LogP contribution in [-0.2, 0) is 6.42 Å². The van der Waals surface area contributed by atoms with E-state index in [0.717, 1.165) is 67.0 Å². The lowest BCUT2D eigenvalue weighted by Gasteiger charge is -2.15. The van der Waals surface area contributed by atoms with E-state index in [1.807, 2.05) is 97.1 Å². The Bertz CT molecular complexity index is 3180. The SMILES string of the molecule is C/C=C(\C=C/Cc1nc(-c2ccccc2)nc(-c2ccccc2)n1)c1ccccc1-c1ccccc1-c1ccc(-c2ccc(-c3cc(-c4ccccc4)nc(-c4ccccc4)n3)cc2)cc1. The fourth-order valence-electron chi connectivity index (χ4n) is 8.26. The molecule has 8 aromatic carbocycles. The Kier molecular flexibility index (Phi) is 12.1. The molecule has 314 valence electrons. The van der Waals surface area contributed by atoms with Crippen LogP contribution in [0.25, 0.3) is 95.6 Å². The zero-order valence-corrected chi connectivity index (χ0v) is 36.5. The summed E-state index contributed by atoms with van der Waals surface area (Å²) in [6.45, 7) is 2.09. The van der Waals surface area contributed by atoms with Crippen molar-refractivity contribution in [3.05, 3.63) is 254 Å². The van der Waals surface area contributed by atoms with E-state index in [0.29, 0.717) is 29.7 Å². The summed E-state index contributed by atoms with van der Waals surface area (Å²) in [5.74, 6) is 2.76. The summed E-state index contributed by atoms with van der Waals surface area (Å²) in [5.41, 5.74) is 16.0. The molecule has 5 heteroatoms. The Morgan fingerprint density at radius 1 is 0.348 bits per heavy atom. The molecule has 0 radical (unpaired) electrons. The molecule has 0 spiro atoms. The van der Waals surface area contributed by atoms with E-state index in [-0.39, 0.29) is 0 Å². The van der Waals surface area contributed by atoms with Crippen molar-refractivity contribution in [2.24, 2.45) is 0 Å². The highest BCUT2D eigenvalue weighted by atomic mass is 15.0. The molecular formula is C61H45N5. The highest BCUT2D eigenvalue weighted by Crippen LogP contribution is 2.38. The molecule has 10 rings (SSSR count). The van der Waals surface area contributed by atoms with Gasteiger partial charge in [-0.05, 0) is 57.5 Å². The van der Waals surface area contributed by atoms with Crippen molar-refractivity contribution in [3.63, 3.8) is 0 Å². The Morgan fingerprint density at radius 2 is 0.742 bits per heavy atom. The average Bonchev–Trinajstić information content (AvgIpc) is 3.41. The monoisotopic (exact) mass is 847 g/mol. The lowest BCUT2D eigenvalue weighted by Crippen LogP contribution is -2.02. The summed E-state index contributed by atoms with van der Waals surface area (Å²) in [6, 6.07) is 77.6. The van der Waals surface area contributed by atoms with Crippen molar-refractivity contribution >= 4 is 5.57 Å². The van der Waals surface area contributed by atoms with Crippen LogP contribution in [0.2, 0.25) is 0 Å². The molecule has 0 saturated heterocycles. The van der Waals surface area contributed by atoms with E-state index >= 15 is 0 Å². The van der Waals surface area contributed by atoms with Crippen LogP contribution in [0.5, 0.6) is 0 Å². The van der Waals surface area contributed by atoms with Crippen LogP contribution < -0.4 is 0 Å². The number of hydrogen-bond acceptors (Lipinski definition) is 5. The fraction of sp³-hybridized carbons (Fsp3) is 0.0328. The van der Waals surface area contributed by atoms with E-state index in [1.165, 1.54) is 16.7 Å². The van der Waals surface area contributed by atoms with Gasteiger partial charge in [-0.3, -0.25) is 0 Å². The van der Waals surface area contributed by atoms with Crippen molar-refractivity contribution < 1.29 is 0 Å². The second-order valence-electron chi connectivity index (χ2n) is 15.9. The quantitative estimate of drug-likeness (QED) is 0.115. The zero-order valence-electron chi connectivity index (χ0n) is 36.5. The number of benzene rings is 8. The molecular weight excluding hydrogens is 803 g/mol. The Labute approximate surface area is 386 Å². The second kappa shape index (κ2) is 19.4. The molecule has 10 aromatic rings. The molecule has 0 fully saturated rings. The first-order valence-electron chi connectivity index (χ1n) is 22.3. The minimum absolute atomic E-state index is 0.554. The van der Waals surface area contributed by atoms with Crippen LogP contribution in [0.15, 0.2) is 243 Å². The summed E-state index contributed by atoms with van der Waals surface area (Å²) < 4.78 is 0. The number of hydrogen-bond donors (Lipinski definition) is 0. The maximum Gasteiger partial charge on any atom is 0.163 e. The lowest BCUT2D eigenvalue weighted by atomic mass is 9.88. The van der Waals surface area contributed by atoms with Gasteiger partial charge >= 0.3 is 0 Å². The summed E-state index contributed by atoms with van der Waals surface area (Å²) in [4.78, 5) is 24.7. The number of rotatable bonds is 12. The Morgan fingerprint density at radius 3 is 1.26 bits per heavy atom. The van der Waals surface area contributed by atoms with Crippen molar-refractivity contribution in [2.45, 2.75) is 13.3 Å². The summed E-state index contributed by atoms with van der Waals surface area (Å²) in [7, 11) is 0. The maximum absolute atomic E-state index is 5.03. The minimum Gasteiger partial charge on any atom is -0.228 e. The van der Waals surface area contributed by atoms with Crippen LogP contribution in [0.4, 0.5) is 0 Å². The van der Waals surface area contributed by atoms with E-state index in [9.17, 15) is 0 Å². The average molecular weight is 848 g/mol. The maximum atomic E-state index is 5.03. The first-order chi connectivity index (χ1) is 32.7. The van der Waals surface area contributed by atoms with Gasteiger partial charge in [-0.15, -0.1) is 0 Å². The number of aromatic nitrogens is 5. The van der Waals surface area contributed by atoms with Crippen molar-refractivity contribution in [2.75, 3.05) is 0 Å². The molecule has 0 aliphatic rings. The van der Waals surface area contributed by atoms with Crippen LogP contribution in [0, 0.1) is 0 Å². The van der Waals surface area contributed by atoms with Gasteiger partial charge in [-0.1, -0.05) is 237 Å². The second-order valence-corrected chi connectivity index (χ2v) is 15.9. The Balaban J connectivity index is 0.903. The molecule has 0 saturated carbocycles. The third-order valence-electron chi connectivity index (χ3n) is 11.6.